The van der Waals surface area contributed by atoms with E-state index in [1.54, 1.807) is 12.1 Å². The number of rotatable bonds is 6. The molecule has 0 saturated carbocycles. The van der Waals surface area contributed by atoms with Crippen LogP contribution >= 0.6 is 0 Å². The fourth-order valence-corrected chi connectivity index (χ4v) is 1.87. The number of nitrogens with one attached hydrogen (secondary N) is 1. The normalized spacial score (nSPS) is 14.3. The summed E-state index contributed by atoms with van der Waals surface area (Å²) in [5.74, 6) is -1.18. The maximum absolute atomic E-state index is 12.1. The molecule has 0 bridgehead atoms. The number of carboxylic acid groups (broad SMARTS) is 1. The number of amides is 1. The molecule has 0 spiro atoms. The maximum Gasteiger partial charge on any atom is 0.305 e. The molecule has 0 saturated heterocycles. The lowest BCUT2D eigenvalue weighted by atomic mass is 9.85. The number of hydrogen-bond donors (Lipinski definition) is 3. The molecular weight excluding hydrogens is 268 g/mol. The molecule has 0 heterocycles. The summed E-state index contributed by atoms with van der Waals surface area (Å²) in [4.78, 5) is 23.1. The molecule has 5 heteroatoms. The first-order valence-corrected chi connectivity index (χ1v) is 7.02. The van der Waals surface area contributed by atoms with Crippen molar-refractivity contribution in [3.8, 4) is 0 Å². The van der Waals surface area contributed by atoms with Gasteiger partial charge in [-0.2, -0.15) is 0 Å². The number of aliphatic carboxylic acids is 1. The first-order valence-electron chi connectivity index (χ1n) is 7.02. The molecule has 4 N–H and O–H groups in total. The highest BCUT2D eigenvalue weighted by molar-refractivity contribution is 5.78. The maximum atomic E-state index is 12.1. The Hall–Kier alpha value is -1.88. The van der Waals surface area contributed by atoms with Crippen LogP contribution in [0.5, 0.6) is 0 Å². The molecule has 0 fully saturated rings. The van der Waals surface area contributed by atoms with Crippen LogP contribution in [0.4, 0.5) is 0 Å². The highest BCUT2D eigenvalue weighted by atomic mass is 16.4. The van der Waals surface area contributed by atoms with Gasteiger partial charge in [-0.15, -0.1) is 0 Å². The van der Waals surface area contributed by atoms with Gasteiger partial charge in [0.05, 0.1) is 12.5 Å². The van der Waals surface area contributed by atoms with Crippen molar-refractivity contribution in [1.82, 2.24) is 5.32 Å². The van der Waals surface area contributed by atoms with Gasteiger partial charge in [0.2, 0.25) is 5.91 Å². The lowest BCUT2D eigenvalue weighted by Crippen LogP contribution is -2.41. The quantitative estimate of drug-likeness (QED) is 0.748. The van der Waals surface area contributed by atoms with Crippen LogP contribution in [0.25, 0.3) is 0 Å². The Bertz CT molecular complexity index is 480. The summed E-state index contributed by atoms with van der Waals surface area (Å²) in [5.41, 5.74) is 6.59. The topological polar surface area (TPSA) is 92.4 Å². The van der Waals surface area contributed by atoms with E-state index < -0.39 is 12.0 Å². The minimum Gasteiger partial charge on any atom is -0.481 e. The van der Waals surface area contributed by atoms with Gasteiger partial charge in [-0.25, -0.2) is 0 Å². The Labute approximate surface area is 125 Å². The zero-order chi connectivity index (χ0) is 16.0. The number of carboxylic acids is 1. The van der Waals surface area contributed by atoms with E-state index in [4.69, 9.17) is 10.8 Å². The number of hydrogen-bond acceptors (Lipinski definition) is 3. The SMILES string of the molecule is CC(C)(C)C(N)CC(=O)NC(CC(=O)O)c1ccccc1. The Morgan fingerprint density at radius 1 is 1.19 bits per heavy atom. The van der Waals surface area contributed by atoms with Crippen LogP contribution in [0.1, 0.15) is 45.2 Å². The van der Waals surface area contributed by atoms with Crippen LogP contribution in [-0.4, -0.2) is 23.0 Å². The molecule has 0 aliphatic heterocycles. The Kier molecular flexibility index (Phi) is 5.90. The molecule has 2 unspecified atom stereocenters. The van der Waals surface area contributed by atoms with E-state index in [1.165, 1.54) is 0 Å². The van der Waals surface area contributed by atoms with E-state index in [0.29, 0.717) is 0 Å². The highest BCUT2D eigenvalue weighted by Crippen LogP contribution is 2.21. The second-order valence-corrected chi connectivity index (χ2v) is 6.31. The van der Waals surface area contributed by atoms with Gasteiger partial charge in [-0.1, -0.05) is 51.1 Å². The molecule has 0 aliphatic carbocycles. The molecular formula is C16H24N2O3. The number of carbonyl (C=O) groups excluding carboxylic acids is 1. The van der Waals surface area contributed by atoms with Gasteiger partial charge in [0, 0.05) is 12.5 Å². The fourth-order valence-electron chi connectivity index (χ4n) is 1.87. The summed E-state index contributed by atoms with van der Waals surface area (Å²) in [7, 11) is 0. The zero-order valence-corrected chi connectivity index (χ0v) is 12.8. The van der Waals surface area contributed by atoms with E-state index in [1.807, 2.05) is 39.0 Å². The molecule has 21 heavy (non-hydrogen) atoms. The van der Waals surface area contributed by atoms with Gasteiger partial charge in [-0.3, -0.25) is 9.59 Å². The van der Waals surface area contributed by atoms with Crippen molar-refractivity contribution in [3.63, 3.8) is 0 Å². The largest absolute Gasteiger partial charge is 0.481 e. The van der Waals surface area contributed by atoms with Crippen LogP contribution in [-0.2, 0) is 9.59 Å². The molecule has 0 radical (unpaired) electrons. The van der Waals surface area contributed by atoms with Crippen LogP contribution < -0.4 is 11.1 Å². The Morgan fingerprint density at radius 2 is 1.76 bits per heavy atom. The molecule has 0 aromatic heterocycles. The Balaban J connectivity index is 2.74. The summed E-state index contributed by atoms with van der Waals surface area (Å²) >= 11 is 0. The molecule has 1 aromatic carbocycles. The van der Waals surface area contributed by atoms with Crippen molar-refractivity contribution in [2.24, 2.45) is 11.1 Å². The summed E-state index contributed by atoms with van der Waals surface area (Å²) in [6.45, 7) is 5.91. The molecule has 1 rings (SSSR count). The van der Waals surface area contributed by atoms with Crippen LogP contribution in [0.3, 0.4) is 0 Å². The molecule has 1 aromatic rings. The summed E-state index contributed by atoms with van der Waals surface area (Å²) in [6, 6.07) is 8.27. The van der Waals surface area contributed by atoms with E-state index in [2.05, 4.69) is 5.32 Å². The second-order valence-electron chi connectivity index (χ2n) is 6.31. The monoisotopic (exact) mass is 292 g/mol. The lowest BCUT2D eigenvalue weighted by molar-refractivity contribution is -0.137. The van der Waals surface area contributed by atoms with Crippen LogP contribution in [0, 0.1) is 5.41 Å². The van der Waals surface area contributed by atoms with Gasteiger partial charge >= 0.3 is 5.97 Å². The Morgan fingerprint density at radius 3 is 2.24 bits per heavy atom. The van der Waals surface area contributed by atoms with Crippen molar-refractivity contribution < 1.29 is 14.7 Å². The summed E-state index contributed by atoms with van der Waals surface area (Å²) in [6.07, 6.45) is 0.0208. The lowest BCUT2D eigenvalue weighted by Gasteiger charge is -2.27. The summed E-state index contributed by atoms with van der Waals surface area (Å²) in [5, 5.41) is 11.8. The predicted molar refractivity (Wildman–Crippen MR) is 81.6 cm³/mol. The first kappa shape index (κ1) is 17.2. The number of carbonyl (C=O) groups is 2. The third-order valence-electron chi connectivity index (χ3n) is 3.43. The third-order valence-corrected chi connectivity index (χ3v) is 3.43. The third kappa shape index (κ3) is 5.95. The molecule has 2 atom stereocenters. The molecule has 116 valence electrons. The summed E-state index contributed by atoms with van der Waals surface area (Å²) < 4.78 is 0. The highest BCUT2D eigenvalue weighted by Gasteiger charge is 2.25. The molecule has 5 nitrogen and oxygen atoms in total. The van der Waals surface area contributed by atoms with E-state index >= 15 is 0 Å². The standard InChI is InChI=1S/C16H24N2O3/c1-16(2,3)13(17)10-14(19)18-12(9-15(20)21)11-7-5-4-6-8-11/h4-8,12-13H,9-10,17H2,1-3H3,(H,18,19)(H,20,21). The van der Waals surface area contributed by atoms with Crippen molar-refractivity contribution in [2.45, 2.75) is 45.7 Å². The number of benzene rings is 1. The van der Waals surface area contributed by atoms with Gasteiger partial charge in [-0.05, 0) is 11.0 Å². The molecule has 0 aliphatic rings. The van der Waals surface area contributed by atoms with Crippen molar-refractivity contribution in [2.75, 3.05) is 0 Å². The smallest absolute Gasteiger partial charge is 0.305 e. The average Bonchev–Trinajstić information content (AvgIpc) is 2.37. The average molecular weight is 292 g/mol. The minimum atomic E-state index is -0.954. The van der Waals surface area contributed by atoms with Crippen molar-refractivity contribution in [3.05, 3.63) is 35.9 Å². The van der Waals surface area contributed by atoms with Gasteiger partial charge in [0.1, 0.15) is 0 Å². The van der Waals surface area contributed by atoms with E-state index in [0.717, 1.165) is 5.56 Å². The van der Waals surface area contributed by atoms with Gasteiger partial charge < -0.3 is 16.2 Å². The van der Waals surface area contributed by atoms with Crippen LogP contribution in [0.2, 0.25) is 0 Å². The predicted octanol–water partition coefficient (Wildman–Crippen LogP) is 2.08. The van der Waals surface area contributed by atoms with E-state index in [9.17, 15) is 9.59 Å². The minimum absolute atomic E-state index is 0.152. The number of nitrogens with two attached hydrogens (primary N) is 1. The van der Waals surface area contributed by atoms with Crippen molar-refractivity contribution >= 4 is 11.9 Å². The van der Waals surface area contributed by atoms with Crippen molar-refractivity contribution in [1.29, 1.82) is 0 Å². The van der Waals surface area contributed by atoms with Gasteiger partial charge in [0.15, 0.2) is 0 Å². The fraction of sp³-hybridized carbons (Fsp3) is 0.500. The zero-order valence-electron chi connectivity index (χ0n) is 12.8. The van der Waals surface area contributed by atoms with E-state index in [-0.39, 0.29) is 30.2 Å². The van der Waals surface area contributed by atoms with Crippen LogP contribution in [0.15, 0.2) is 30.3 Å². The molecule has 1 amide bonds. The first-order chi connectivity index (χ1) is 9.70. The second kappa shape index (κ2) is 7.22. The van der Waals surface area contributed by atoms with Gasteiger partial charge in [0.25, 0.3) is 0 Å².